The van der Waals surface area contributed by atoms with Crippen molar-refractivity contribution in [1.29, 1.82) is 0 Å². The van der Waals surface area contributed by atoms with Gasteiger partial charge >= 0.3 is 0 Å². The highest BCUT2D eigenvalue weighted by Crippen LogP contribution is 2.44. The Bertz CT molecular complexity index is 1710. The van der Waals surface area contributed by atoms with E-state index in [1.54, 1.807) is 24.3 Å². The Hall–Kier alpha value is -3.45. The summed E-state index contributed by atoms with van der Waals surface area (Å²) in [5.41, 5.74) is 0.492. The van der Waals surface area contributed by atoms with Gasteiger partial charge < -0.3 is 20.4 Å². The molecule has 43 heavy (non-hydrogen) atoms. The van der Waals surface area contributed by atoms with Crippen molar-refractivity contribution in [3.8, 4) is 0 Å². The second-order valence-corrected chi connectivity index (χ2v) is 13.7. The van der Waals surface area contributed by atoms with E-state index >= 15 is 0 Å². The molecule has 0 aromatic carbocycles. The van der Waals surface area contributed by atoms with Crippen LogP contribution in [0.1, 0.15) is 65.5 Å². The van der Waals surface area contributed by atoms with Gasteiger partial charge in [0.25, 0.3) is 11.5 Å². The number of halogens is 2. The number of piperazine rings is 1. The zero-order chi connectivity index (χ0) is 30.3. The van der Waals surface area contributed by atoms with Crippen LogP contribution in [-0.4, -0.2) is 74.8 Å². The molecule has 2 aliphatic heterocycles. The normalized spacial score (nSPS) is 24.6. The zero-order valence-corrected chi connectivity index (χ0v) is 25.3. The molecular weight excluding hydrogens is 576 g/mol. The van der Waals surface area contributed by atoms with Crippen molar-refractivity contribution in [3.63, 3.8) is 0 Å². The molecule has 2 atom stereocenters. The van der Waals surface area contributed by atoms with Crippen molar-refractivity contribution in [3.05, 3.63) is 44.4 Å². The topological polar surface area (TPSA) is 112 Å². The van der Waals surface area contributed by atoms with E-state index in [0.29, 0.717) is 30.3 Å². The molecular formula is C30H35F2N7O3S. The van der Waals surface area contributed by atoms with Crippen molar-refractivity contribution < 1.29 is 18.4 Å². The number of aromatic nitrogens is 3. The van der Waals surface area contributed by atoms with E-state index in [2.05, 4.69) is 39.5 Å². The number of hydrogen-bond donors (Lipinski definition) is 2. The maximum absolute atomic E-state index is 14.1. The lowest BCUT2D eigenvalue weighted by Gasteiger charge is -2.39. The Morgan fingerprint density at radius 2 is 1.93 bits per heavy atom. The largest absolute Gasteiger partial charge is 0.340 e. The number of nitrogens with one attached hydrogen (secondary N) is 2. The fraction of sp³-hybridized carbons (Fsp3) is 0.567. The number of amides is 2. The molecule has 2 amide bonds. The maximum atomic E-state index is 14.1. The SMILES string of the molecule is Cc1cc(Nc2ncnc3sc4c(c23)CC[C@H](C(=O)N2CCN(C)[C@H](C)C2)C4)c(=O)n2c1C(=O)NC21CCC(F)(F)CC1. The average Bonchev–Trinajstić information content (AvgIpc) is 3.49. The summed E-state index contributed by atoms with van der Waals surface area (Å²) in [5, 5.41) is 6.92. The van der Waals surface area contributed by atoms with Gasteiger partial charge in [-0.2, -0.15) is 0 Å². The number of pyridine rings is 1. The first kappa shape index (κ1) is 28.3. The van der Waals surface area contributed by atoms with Gasteiger partial charge in [-0.3, -0.25) is 19.0 Å². The van der Waals surface area contributed by atoms with Gasteiger partial charge in [0.15, 0.2) is 0 Å². The minimum absolute atomic E-state index is 0.0236. The number of nitrogens with zero attached hydrogens (tertiary/aromatic N) is 5. The van der Waals surface area contributed by atoms with Crippen molar-refractivity contribution >= 4 is 44.9 Å². The standard InChI is InChI=1S/C30H35F2N7O3S/c1-16-12-20(28(42)39-23(16)25(40)36-30(39)8-6-29(31,32)7-9-30)35-24-22-19-5-4-18(13-21(19)43-26(22)34-15-33-24)27(41)38-11-10-37(3)17(2)14-38/h12,15,17-18H,4-11,13-14H2,1-3H3,(H,36,40)(H,33,34,35)/t17-,18+/m1/s1. The summed E-state index contributed by atoms with van der Waals surface area (Å²) in [7, 11) is 2.09. The third kappa shape index (κ3) is 4.62. The second kappa shape index (κ2) is 10.0. The van der Waals surface area contributed by atoms with Crippen molar-refractivity contribution in [2.75, 3.05) is 32.0 Å². The number of alkyl halides is 2. The number of aryl methyl sites for hydroxylation is 2. The lowest BCUT2D eigenvalue weighted by Crippen LogP contribution is -2.53. The average molecular weight is 612 g/mol. The number of carbonyl (C=O) groups excluding carboxylic acids is 2. The first-order chi connectivity index (χ1) is 20.5. The highest BCUT2D eigenvalue weighted by molar-refractivity contribution is 7.19. The molecule has 5 heterocycles. The van der Waals surface area contributed by atoms with Crippen molar-refractivity contribution in [1.82, 2.24) is 29.7 Å². The van der Waals surface area contributed by atoms with E-state index in [9.17, 15) is 23.2 Å². The molecule has 228 valence electrons. The van der Waals surface area contributed by atoms with Crippen LogP contribution in [0.5, 0.6) is 0 Å². The molecule has 2 aliphatic carbocycles. The van der Waals surface area contributed by atoms with Crippen LogP contribution in [-0.2, 0) is 23.3 Å². The summed E-state index contributed by atoms with van der Waals surface area (Å²) < 4.78 is 29.5. The number of anilines is 2. The van der Waals surface area contributed by atoms with E-state index in [1.165, 1.54) is 10.9 Å². The number of rotatable bonds is 3. The molecule has 1 saturated heterocycles. The van der Waals surface area contributed by atoms with Gasteiger partial charge in [0, 0.05) is 49.3 Å². The van der Waals surface area contributed by atoms with Gasteiger partial charge in [0.1, 0.15) is 34.0 Å². The van der Waals surface area contributed by atoms with E-state index in [4.69, 9.17) is 0 Å². The fourth-order valence-corrected chi connectivity index (χ4v) is 8.55. The summed E-state index contributed by atoms with van der Waals surface area (Å²) in [5.74, 6) is -2.61. The smallest absolute Gasteiger partial charge is 0.276 e. The van der Waals surface area contributed by atoms with Crippen LogP contribution in [0.25, 0.3) is 10.2 Å². The number of fused-ring (bicyclic) bond motifs is 5. The first-order valence-electron chi connectivity index (χ1n) is 15.0. The number of thiophene rings is 1. The Morgan fingerprint density at radius 1 is 1.16 bits per heavy atom. The molecule has 0 radical (unpaired) electrons. The molecule has 0 bridgehead atoms. The van der Waals surface area contributed by atoms with Crippen LogP contribution in [0.2, 0.25) is 0 Å². The summed E-state index contributed by atoms with van der Waals surface area (Å²) in [4.78, 5) is 55.5. The van der Waals surface area contributed by atoms with E-state index in [1.807, 2.05) is 4.90 Å². The summed E-state index contributed by atoms with van der Waals surface area (Å²) >= 11 is 1.56. The third-order valence-corrected chi connectivity index (χ3v) is 11.1. The minimum Gasteiger partial charge on any atom is -0.340 e. The predicted molar refractivity (Wildman–Crippen MR) is 159 cm³/mol. The molecule has 3 aromatic heterocycles. The number of carbonyl (C=O) groups is 2. The summed E-state index contributed by atoms with van der Waals surface area (Å²) in [6.45, 7) is 6.25. The molecule has 0 unspecified atom stereocenters. The van der Waals surface area contributed by atoms with Crippen LogP contribution in [0.4, 0.5) is 20.3 Å². The molecule has 7 rings (SSSR count). The third-order valence-electron chi connectivity index (χ3n) is 9.91. The van der Waals surface area contributed by atoms with E-state index < -0.39 is 35.9 Å². The highest BCUT2D eigenvalue weighted by atomic mass is 32.1. The van der Waals surface area contributed by atoms with Crippen LogP contribution in [0, 0.1) is 12.8 Å². The minimum atomic E-state index is -2.82. The molecule has 2 N–H and O–H groups in total. The van der Waals surface area contributed by atoms with Gasteiger partial charge in [0.05, 0.1) is 5.39 Å². The first-order valence-corrected chi connectivity index (χ1v) is 15.8. The summed E-state index contributed by atoms with van der Waals surface area (Å²) in [6.07, 6.45) is 2.69. The lowest BCUT2D eigenvalue weighted by molar-refractivity contribution is -0.138. The van der Waals surface area contributed by atoms with Gasteiger partial charge in [-0.05, 0) is 70.2 Å². The van der Waals surface area contributed by atoms with Crippen molar-refractivity contribution in [2.24, 2.45) is 5.92 Å². The Labute approximate surface area is 251 Å². The summed E-state index contributed by atoms with van der Waals surface area (Å²) in [6, 6.07) is 1.96. The van der Waals surface area contributed by atoms with Crippen LogP contribution in [0.15, 0.2) is 17.2 Å². The van der Waals surface area contributed by atoms with Gasteiger partial charge in [-0.1, -0.05) is 0 Å². The van der Waals surface area contributed by atoms with Gasteiger partial charge in [-0.25, -0.2) is 18.7 Å². The number of hydrogen-bond acceptors (Lipinski definition) is 8. The molecule has 1 spiro atoms. The van der Waals surface area contributed by atoms with Gasteiger partial charge in [-0.15, -0.1) is 11.3 Å². The van der Waals surface area contributed by atoms with Gasteiger partial charge in [0.2, 0.25) is 11.8 Å². The van der Waals surface area contributed by atoms with Crippen LogP contribution in [0.3, 0.4) is 0 Å². The highest BCUT2D eigenvalue weighted by Gasteiger charge is 2.51. The fourth-order valence-electron chi connectivity index (χ4n) is 7.28. The molecule has 13 heteroatoms. The molecule has 10 nitrogen and oxygen atoms in total. The Kier molecular flexibility index (Phi) is 6.62. The predicted octanol–water partition coefficient (Wildman–Crippen LogP) is 3.78. The number of likely N-dealkylation sites (N-methyl/N-ethyl adjacent to an activating group) is 1. The molecule has 4 aliphatic rings. The lowest BCUT2D eigenvalue weighted by atomic mass is 9.86. The molecule has 2 fully saturated rings. The van der Waals surface area contributed by atoms with Crippen LogP contribution < -0.4 is 16.2 Å². The molecule has 3 aromatic rings. The van der Waals surface area contributed by atoms with E-state index in [0.717, 1.165) is 46.7 Å². The Balaban J connectivity index is 1.20. The maximum Gasteiger partial charge on any atom is 0.276 e. The monoisotopic (exact) mass is 611 g/mol. The Morgan fingerprint density at radius 3 is 2.67 bits per heavy atom. The quantitative estimate of drug-likeness (QED) is 0.464. The molecule has 1 saturated carbocycles. The zero-order valence-electron chi connectivity index (χ0n) is 24.5. The van der Waals surface area contributed by atoms with Crippen molar-refractivity contribution in [2.45, 2.75) is 76.4 Å². The van der Waals surface area contributed by atoms with Crippen LogP contribution >= 0.6 is 11.3 Å². The van der Waals surface area contributed by atoms with E-state index in [-0.39, 0.29) is 36.0 Å². The second-order valence-electron chi connectivity index (χ2n) is 12.7.